The predicted molar refractivity (Wildman–Crippen MR) is 527 cm³/mol. The van der Waals surface area contributed by atoms with Gasteiger partial charge < -0.3 is 0 Å². The standard InChI is InChI=1S/C20H28FN.C19H26FN.C18H23F2N.C16H19F2N.C16H18FN.C15H17F2N.C15H16FN/c1-2-3-4-5-6-7-16-8-10-17(11-9-16)18-12-13-19(15-22)20(21)14-18;1-2-3-4-5-6-15-7-9-16(10-8-15)17-11-12-18(14-21)19(20)13-17;1-2-3-4-5-13-6-8-14(9-7-13)15-10-17(19)16(12-21)18(20)11-15;1-2-3-11-4-6-12(7-5-11)13-8-15(17)14(10-19)16(18)9-13;1-2-3-12-4-6-13(7-5-12)14-8-9-15(11-18)16(17)10-14;1-2-10-3-5-11(6-4-10)12-7-14(16)13(9-18)15(17)8-12;1-2-11-3-5-12(6-4-11)13-7-8-14(10-17)15(16)9-13/h12-14,16-17H,2-11H2,1H3;11-13,15-16H,2-10H2,1H3;10-11,13-14H,2-9H2,1H3;8-9,11-12H,2-7H2,1H3;2-3,8-10,12-13H,4-7H2,1H3;7-8,10-11H,2-6H2,1H3;2,7-9,11-12H,1,3-6H2/b;;;;3-2+;;. The zero-order valence-electron chi connectivity index (χ0n) is 81.9. The minimum absolute atomic E-state index is 0.133. The minimum atomic E-state index is -0.731. The first-order valence-corrected chi connectivity index (χ1v) is 51.6. The summed E-state index contributed by atoms with van der Waals surface area (Å²) in [4.78, 5) is 0. The number of hydrogen-bond acceptors (Lipinski definition) is 7. The molecule has 0 heterocycles. The Hall–Kier alpha value is -10.3. The molecule has 7 nitrogen and oxygen atoms in total. The van der Waals surface area contributed by atoms with E-state index in [-0.39, 0.29) is 57.5 Å². The maximum atomic E-state index is 13.7. The number of rotatable bonds is 27. The summed E-state index contributed by atoms with van der Waals surface area (Å²) >= 11 is 0. The number of allylic oxidation sites excluding steroid dienone is 3. The van der Waals surface area contributed by atoms with Gasteiger partial charge in [0.1, 0.15) is 117 Å². The Bertz CT molecular complexity index is 5090. The predicted octanol–water partition coefficient (Wildman–Crippen LogP) is 36.1. The second kappa shape index (κ2) is 60.5. The average molecular weight is 1870 g/mol. The summed E-state index contributed by atoms with van der Waals surface area (Å²) in [6.45, 7) is 17.0. The van der Waals surface area contributed by atoms with E-state index in [1.165, 1.54) is 222 Å². The van der Waals surface area contributed by atoms with Crippen molar-refractivity contribution in [2.45, 2.75) is 378 Å². The van der Waals surface area contributed by atoms with Gasteiger partial charge in [-0.05, 0) is 393 Å². The summed E-state index contributed by atoms with van der Waals surface area (Å²) in [5, 5.41) is 61.0. The van der Waals surface area contributed by atoms with Gasteiger partial charge in [-0.2, -0.15) is 36.8 Å². The largest absolute Gasteiger partial charge is 0.206 e. The van der Waals surface area contributed by atoms with E-state index in [1.807, 2.05) is 54.6 Å². The van der Waals surface area contributed by atoms with Crippen LogP contribution in [0.4, 0.5) is 43.9 Å². The van der Waals surface area contributed by atoms with Gasteiger partial charge in [-0.25, -0.2) is 43.9 Å². The van der Waals surface area contributed by atoms with E-state index in [2.05, 4.69) is 60.3 Å². The van der Waals surface area contributed by atoms with Crippen molar-refractivity contribution < 1.29 is 43.9 Å². The molecule has 0 bridgehead atoms. The van der Waals surface area contributed by atoms with E-state index >= 15 is 0 Å². The molecule has 7 aromatic carbocycles. The molecule has 17 heteroatoms. The zero-order chi connectivity index (χ0) is 98.3. The summed E-state index contributed by atoms with van der Waals surface area (Å²) in [7, 11) is 0. The lowest BCUT2D eigenvalue weighted by molar-refractivity contribution is 0.301. The minimum Gasteiger partial charge on any atom is -0.206 e. The lowest BCUT2D eigenvalue weighted by Gasteiger charge is -2.29. The van der Waals surface area contributed by atoms with Crippen molar-refractivity contribution in [3.8, 4) is 42.5 Å². The highest BCUT2D eigenvalue weighted by Gasteiger charge is 2.31. The van der Waals surface area contributed by atoms with Crippen LogP contribution in [0.5, 0.6) is 0 Å². The third-order valence-corrected chi connectivity index (χ3v) is 30.5. The van der Waals surface area contributed by atoms with Gasteiger partial charge in [0.15, 0.2) is 0 Å². The molecule has 0 amide bonds. The summed E-state index contributed by atoms with van der Waals surface area (Å²) in [6, 6.07) is 40.6. The van der Waals surface area contributed by atoms with Crippen LogP contribution in [0.1, 0.15) is 456 Å². The van der Waals surface area contributed by atoms with Gasteiger partial charge in [-0.15, -0.1) is 6.58 Å². The molecule has 728 valence electrons. The van der Waals surface area contributed by atoms with Crippen molar-refractivity contribution in [3.63, 3.8) is 0 Å². The molecule has 7 fully saturated rings. The Morgan fingerprint density at radius 1 is 0.250 bits per heavy atom. The molecule has 0 N–H and O–H groups in total. The smallest absolute Gasteiger partial charge is 0.144 e. The Balaban J connectivity index is 0.000000195. The highest BCUT2D eigenvalue weighted by atomic mass is 19.2. The van der Waals surface area contributed by atoms with Gasteiger partial charge in [0.25, 0.3) is 0 Å². The molecule has 7 saturated carbocycles. The fraction of sp³-hybridized carbons (Fsp3) is 0.555. The van der Waals surface area contributed by atoms with Crippen molar-refractivity contribution >= 4 is 0 Å². The van der Waals surface area contributed by atoms with E-state index in [1.54, 1.807) is 60.7 Å². The van der Waals surface area contributed by atoms with Crippen LogP contribution >= 0.6 is 0 Å². The van der Waals surface area contributed by atoms with Gasteiger partial charge in [0.05, 0.1) is 22.3 Å². The molecule has 0 aliphatic heterocycles. The third-order valence-electron chi connectivity index (χ3n) is 30.5. The van der Waals surface area contributed by atoms with Crippen LogP contribution in [0.2, 0.25) is 0 Å². The summed E-state index contributed by atoms with van der Waals surface area (Å²) in [6.07, 6.45) is 61.8. The second-order valence-corrected chi connectivity index (χ2v) is 39.6. The van der Waals surface area contributed by atoms with Crippen LogP contribution < -0.4 is 0 Å². The van der Waals surface area contributed by atoms with E-state index in [4.69, 9.17) is 36.8 Å². The van der Waals surface area contributed by atoms with Gasteiger partial charge in [-0.1, -0.05) is 193 Å². The number of nitriles is 7. The van der Waals surface area contributed by atoms with Crippen molar-refractivity contribution in [2.24, 2.45) is 41.4 Å². The fourth-order valence-electron chi connectivity index (χ4n) is 21.9. The van der Waals surface area contributed by atoms with Crippen molar-refractivity contribution in [1.29, 1.82) is 36.8 Å². The first-order chi connectivity index (χ1) is 65.9. The monoisotopic (exact) mass is 1860 g/mol. The van der Waals surface area contributed by atoms with Gasteiger partial charge in [0.2, 0.25) is 0 Å². The summed E-state index contributed by atoms with van der Waals surface area (Å²) in [5.74, 6) is 2.08. The summed E-state index contributed by atoms with van der Waals surface area (Å²) in [5.41, 5.74) is 5.56. The van der Waals surface area contributed by atoms with E-state index in [0.717, 1.165) is 173 Å². The molecule has 14 rings (SSSR count). The number of hydrogen-bond donors (Lipinski definition) is 0. The molecule has 0 radical (unpaired) electrons. The number of unbranched alkanes of at least 4 members (excludes halogenated alkanes) is 9. The van der Waals surface area contributed by atoms with Crippen molar-refractivity contribution in [3.05, 3.63) is 270 Å². The zero-order valence-corrected chi connectivity index (χ0v) is 81.9. The van der Waals surface area contributed by atoms with Crippen LogP contribution in [0.25, 0.3) is 0 Å². The molecule has 7 aliphatic rings. The molecule has 0 atom stereocenters. The maximum Gasteiger partial charge on any atom is 0.144 e. The number of benzene rings is 7. The number of nitrogens with zero attached hydrogens (tertiary/aromatic N) is 7. The van der Waals surface area contributed by atoms with Crippen molar-refractivity contribution in [1.82, 2.24) is 0 Å². The first kappa shape index (κ1) is 111. The molecular weight excluding hydrogens is 1720 g/mol. The maximum absolute atomic E-state index is 13.7. The van der Waals surface area contributed by atoms with Crippen LogP contribution in [0.15, 0.2) is 134 Å². The van der Waals surface area contributed by atoms with E-state index in [9.17, 15) is 43.9 Å². The van der Waals surface area contributed by atoms with Gasteiger partial charge >= 0.3 is 0 Å². The van der Waals surface area contributed by atoms with Gasteiger partial charge in [-0.3, -0.25) is 0 Å². The number of halogens is 10. The lowest BCUT2D eigenvalue weighted by atomic mass is 9.77. The quantitative estimate of drug-likeness (QED) is 0.0281. The van der Waals surface area contributed by atoms with Crippen LogP contribution in [-0.2, 0) is 0 Å². The Morgan fingerprint density at radius 3 is 0.706 bits per heavy atom. The molecular formula is C119H147F10N7. The third kappa shape index (κ3) is 35.3. The molecule has 7 aliphatic carbocycles. The van der Waals surface area contributed by atoms with Gasteiger partial charge in [0, 0.05) is 0 Å². The lowest BCUT2D eigenvalue weighted by Crippen LogP contribution is -2.14. The Kier molecular flexibility index (Phi) is 49.4. The van der Waals surface area contributed by atoms with Crippen LogP contribution in [0, 0.1) is 179 Å². The Morgan fingerprint density at radius 2 is 0.471 bits per heavy atom. The van der Waals surface area contributed by atoms with Crippen molar-refractivity contribution in [2.75, 3.05) is 0 Å². The highest BCUT2D eigenvalue weighted by molar-refractivity contribution is 5.42. The summed E-state index contributed by atoms with van der Waals surface area (Å²) < 4.78 is 136. The van der Waals surface area contributed by atoms with Crippen LogP contribution in [-0.4, -0.2) is 0 Å². The van der Waals surface area contributed by atoms with E-state index < -0.39 is 57.4 Å². The Labute approximate surface area is 808 Å². The van der Waals surface area contributed by atoms with Crippen LogP contribution in [0.3, 0.4) is 0 Å². The molecule has 0 unspecified atom stereocenters. The molecule has 136 heavy (non-hydrogen) atoms. The molecule has 0 spiro atoms. The topological polar surface area (TPSA) is 167 Å². The SMILES string of the molecule is C/C=C/C1CCC(c2ccc(C#N)c(F)c2)CC1.C=CC1CCC(c2ccc(C#N)c(F)c2)CC1.CCC1CCC(c2cc(F)c(C#N)c(F)c2)CC1.CCCC1CCC(c2cc(F)c(C#N)c(F)c2)CC1.CCCCCC1CCC(c2cc(F)c(C#N)c(F)c2)CC1.CCCCCCC1CCC(c2ccc(C#N)c(F)c2)CC1.CCCCCCCC1CCC(c2ccc(C#N)c(F)c2)CC1. The second-order valence-electron chi connectivity index (χ2n) is 39.6. The highest BCUT2D eigenvalue weighted by Crippen LogP contribution is 2.46. The fourth-order valence-corrected chi connectivity index (χ4v) is 21.9. The van der Waals surface area contributed by atoms with E-state index in [0.29, 0.717) is 46.6 Å². The average Bonchev–Trinajstić information content (AvgIpc) is 0.774. The first-order valence-electron chi connectivity index (χ1n) is 51.6. The normalized spacial score (nSPS) is 22.8. The molecule has 7 aromatic rings. The molecule has 0 aromatic heterocycles. The molecule has 0 saturated heterocycles.